The molecule has 3 N–H and O–H groups in total. The number of carbonyl (C=O) groups excluding carboxylic acids is 1. The van der Waals surface area contributed by atoms with Gasteiger partial charge in [0.05, 0.1) is 24.2 Å². The number of nitrogens with one attached hydrogen (secondary N) is 1. The van der Waals surface area contributed by atoms with Crippen LogP contribution < -0.4 is 5.32 Å². The van der Waals surface area contributed by atoms with Crippen LogP contribution in [0.4, 0.5) is 0 Å². The average Bonchev–Trinajstić information content (AvgIpc) is 3.22. The van der Waals surface area contributed by atoms with Gasteiger partial charge in [-0.25, -0.2) is 0 Å². The normalized spacial score (nSPS) is 27.0. The van der Waals surface area contributed by atoms with Crippen LogP contribution in [0.25, 0.3) is 0 Å². The molecule has 1 aliphatic heterocycles. The third-order valence-electron chi connectivity index (χ3n) is 3.89. The monoisotopic (exact) mass is 295 g/mol. The van der Waals surface area contributed by atoms with E-state index in [-0.39, 0.29) is 18.4 Å². The fourth-order valence-corrected chi connectivity index (χ4v) is 2.26. The Morgan fingerprint density at radius 1 is 1.52 bits per heavy atom. The molecule has 1 atom stereocenters. The maximum absolute atomic E-state index is 12.2. The lowest BCUT2D eigenvalue weighted by molar-refractivity contribution is -0.00488. The maximum Gasteiger partial charge on any atom is 0.253 e. The van der Waals surface area contributed by atoms with E-state index in [0.29, 0.717) is 11.1 Å². The number of hydrogen-bond acceptors (Lipinski definition) is 4. The maximum atomic E-state index is 12.2. The summed E-state index contributed by atoms with van der Waals surface area (Å²) in [6.07, 6.45) is -0.795. The summed E-state index contributed by atoms with van der Waals surface area (Å²) in [6.45, 7) is -2.02. The predicted octanol–water partition coefficient (Wildman–Crippen LogP) is 1.45. The minimum atomic E-state index is -2.73. The standard InChI is InChI=1S/C16H21NO4/c1-15(2,20)10-3-4-11-12(7-10)13(19)17-14(11)21-9-16(8-18)5-6-16/h3-4,7,14,18,20H,5-6,8-9H2,1-2H3,(H,17,19)/i8D2,9D2. The topological polar surface area (TPSA) is 78.8 Å². The lowest BCUT2D eigenvalue weighted by atomic mass is 9.94. The highest BCUT2D eigenvalue weighted by Gasteiger charge is 2.43. The Bertz CT molecular complexity index is 720. The molecule has 1 aromatic carbocycles. The van der Waals surface area contributed by atoms with Crippen molar-refractivity contribution >= 4 is 5.91 Å². The van der Waals surface area contributed by atoms with E-state index in [1.165, 1.54) is 6.07 Å². The second-order valence-electron chi connectivity index (χ2n) is 6.13. The van der Waals surface area contributed by atoms with Gasteiger partial charge in [-0.1, -0.05) is 12.1 Å². The van der Waals surface area contributed by atoms with Gasteiger partial charge in [0, 0.05) is 16.5 Å². The third-order valence-corrected chi connectivity index (χ3v) is 3.89. The van der Waals surface area contributed by atoms with Gasteiger partial charge in [-0.3, -0.25) is 4.79 Å². The molecule has 1 aliphatic carbocycles. The van der Waals surface area contributed by atoms with Crippen molar-refractivity contribution in [3.63, 3.8) is 0 Å². The first-order valence-electron chi connectivity index (χ1n) is 8.86. The molecule has 21 heavy (non-hydrogen) atoms. The van der Waals surface area contributed by atoms with Gasteiger partial charge in [0.25, 0.3) is 5.91 Å². The summed E-state index contributed by atoms with van der Waals surface area (Å²) in [4.78, 5) is 12.2. The summed E-state index contributed by atoms with van der Waals surface area (Å²) in [6, 6.07) is 4.74. The molecule has 5 heteroatoms. The summed E-state index contributed by atoms with van der Waals surface area (Å²) < 4.78 is 36.6. The molecule has 1 amide bonds. The molecule has 1 unspecified atom stereocenters. The largest absolute Gasteiger partial charge is 0.396 e. The molecule has 0 radical (unpaired) electrons. The van der Waals surface area contributed by atoms with E-state index < -0.39 is 36.3 Å². The Kier molecular flexibility index (Phi) is 2.36. The second-order valence-corrected chi connectivity index (χ2v) is 6.13. The summed E-state index contributed by atoms with van der Waals surface area (Å²) in [5, 5.41) is 22.3. The van der Waals surface area contributed by atoms with E-state index in [1.807, 2.05) is 0 Å². The van der Waals surface area contributed by atoms with E-state index in [4.69, 9.17) is 10.2 Å². The van der Waals surface area contributed by atoms with Crippen LogP contribution >= 0.6 is 0 Å². The van der Waals surface area contributed by atoms with Crippen LogP contribution in [-0.4, -0.2) is 29.2 Å². The smallest absolute Gasteiger partial charge is 0.253 e. The van der Waals surface area contributed by atoms with Crippen LogP contribution in [0.3, 0.4) is 0 Å². The molecular formula is C16H21NO4. The summed E-state index contributed by atoms with van der Waals surface area (Å²) in [7, 11) is 0. The summed E-state index contributed by atoms with van der Waals surface area (Å²) in [5.41, 5.74) is -1.56. The van der Waals surface area contributed by atoms with Gasteiger partial charge in [-0.2, -0.15) is 0 Å². The van der Waals surface area contributed by atoms with Crippen molar-refractivity contribution in [3.05, 3.63) is 34.9 Å². The van der Waals surface area contributed by atoms with Gasteiger partial charge in [0.1, 0.15) is 0 Å². The first-order chi connectivity index (χ1) is 11.3. The molecule has 0 bridgehead atoms. The highest BCUT2D eigenvalue weighted by molar-refractivity contribution is 5.99. The Labute approximate surface area is 129 Å². The van der Waals surface area contributed by atoms with Gasteiger partial charge in [0.15, 0.2) is 6.23 Å². The molecule has 1 aromatic rings. The number of benzene rings is 1. The second kappa shape index (κ2) is 4.80. The number of ether oxygens (including phenoxy) is 1. The van der Waals surface area contributed by atoms with Crippen LogP contribution in [0.15, 0.2) is 18.2 Å². The van der Waals surface area contributed by atoms with Crippen LogP contribution in [0.5, 0.6) is 0 Å². The number of hydrogen-bond donors (Lipinski definition) is 3. The SMILES string of the molecule is [2H]C([2H])(O)C1(C([2H])([2H])OC2NC(=O)c3cc(C(C)(C)O)ccc32)CC1. The number of amides is 1. The van der Waals surface area contributed by atoms with Crippen molar-refractivity contribution in [1.29, 1.82) is 0 Å². The molecule has 1 fully saturated rings. The molecule has 114 valence electrons. The van der Waals surface area contributed by atoms with Gasteiger partial charge < -0.3 is 20.3 Å². The van der Waals surface area contributed by atoms with Crippen LogP contribution in [-0.2, 0) is 10.3 Å². The highest BCUT2D eigenvalue weighted by Crippen LogP contribution is 2.46. The molecule has 1 heterocycles. The lowest BCUT2D eigenvalue weighted by Crippen LogP contribution is -2.25. The quantitative estimate of drug-likeness (QED) is 0.768. The molecule has 0 spiro atoms. The molecular weight excluding hydrogens is 270 g/mol. The van der Waals surface area contributed by atoms with Crippen molar-refractivity contribution in [2.75, 3.05) is 13.1 Å². The van der Waals surface area contributed by atoms with Gasteiger partial charge >= 0.3 is 0 Å². The van der Waals surface area contributed by atoms with E-state index in [1.54, 1.807) is 26.0 Å². The highest BCUT2D eigenvalue weighted by atomic mass is 16.5. The average molecular weight is 295 g/mol. The van der Waals surface area contributed by atoms with Crippen molar-refractivity contribution < 1.29 is 25.2 Å². The number of rotatable bonds is 5. The fourth-order valence-electron chi connectivity index (χ4n) is 2.26. The Morgan fingerprint density at radius 3 is 2.81 bits per heavy atom. The molecule has 3 rings (SSSR count). The van der Waals surface area contributed by atoms with Crippen LogP contribution in [0, 0.1) is 5.41 Å². The molecule has 0 aromatic heterocycles. The number of aliphatic hydroxyl groups is 2. The molecule has 2 aliphatic rings. The van der Waals surface area contributed by atoms with Gasteiger partial charge in [-0.05, 0) is 38.3 Å². The van der Waals surface area contributed by atoms with Crippen LogP contribution in [0.1, 0.15) is 59.9 Å². The zero-order valence-corrected chi connectivity index (χ0v) is 11.9. The van der Waals surface area contributed by atoms with Gasteiger partial charge in [0.2, 0.25) is 0 Å². The first kappa shape index (κ1) is 10.3. The minimum Gasteiger partial charge on any atom is -0.396 e. The lowest BCUT2D eigenvalue weighted by Gasteiger charge is -2.20. The van der Waals surface area contributed by atoms with E-state index in [2.05, 4.69) is 5.32 Å². The summed E-state index contributed by atoms with van der Waals surface area (Å²) in [5.74, 6) is -0.459. The molecule has 1 saturated carbocycles. The first-order valence-corrected chi connectivity index (χ1v) is 6.86. The minimum absolute atomic E-state index is 0.147. The Hall–Kier alpha value is -1.43. The van der Waals surface area contributed by atoms with Crippen molar-refractivity contribution in [2.45, 2.75) is 38.5 Å². The zero-order chi connectivity index (χ0) is 18.8. The van der Waals surface area contributed by atoms with Crippen LogP contribution in [0.2, 0.25) is 0 Å². The molecule has 0 saturated heterocycles. The van der Waals surface area contributed by atoms with Crippen molar-refractivity contribution in [3.8, 4) is 0 Å². The Morgan fingerprint density at radius 2 is 2.24 bits per heavy atom. The fraction of sp³-hybridized carbons (Fsp3) is 0.562. The Balaban J connectivity index is 1.89. The number of carbonyl (C=O) groups is 1. The van der Waals surface area contributed by atoms with Crippen molar-refractivity contribution in [1.82, 2.24) is 5.32 Å². The third kappa shape index (κ3) is 2.69. The van der Waals surface area contributed by atoms with E-state index in [0.717, 1.165) is 0 Å². The van der Waals surface area contributed by atoms with E-state index in [9.17, 15) is 15.0 Å². The predicted molar refractivity (Wildman–Crippen MR) is 76.6 cm³/mol. The van der Waals surface area contributed by atoms with Crippen molar-refractivity contribution in [2.24, 2.45) is 5.41 Å². The van der Waals surface area contributed by atoms with Gasteiger partial charge in [-0.15, -0.1) is 0 Å². The number of fused-ring (bicyclic) bond motifs is 1. The molecule has 5 nitrogen and oxygen atoms in total. The zero-order valence-electron chi connectivity index (χ0n) is 15.9. The summed E-state index contributed by atoms with van der Waals surface area (Å²) >= 11 is 0. The van der Waals surface area contributed by atoms with E-state index >= 15 is 0 Å².